The van der Waals surface area contributed by atoms with Gasteiger partial charge in [0.25, 0.3) is 0 Å². The summed E-state index contributed by atoms with van der Waals surface area (Å²) in [6, 6.07) is 9.38. The highest BCUT2D eigenvalue weighted by Crippen LogP contribution is 2.33. The highest BCUT2D eigenvalue weighted by atomic mass is 16.5. The molecular weight excluding hydrogens is 236 g/mol. The van der Waals surface area contributed by atoms with Crippen LogP contribution in [0.5, 0.6) is 5.75 Å². The molecule has 1 aromatic rings. The SMILES string of the molecule is CC(C)CC1CCC(C(=O)Oc2ccccc2)CC1. The van der Waals surface area contributed by atoms with Gasteiger partial charge < -0.3 is 4.74 Å². The maximum absolute atomic E-state index is 12.1. The van der Waals surface area contributed by atoms with Gasteiger partial charge in [-0.05, 0) is 56.1 Å². The lowest BCUT2D eigenvalue weighted by atomic mass is 9.78. The molecule has 19 heavy (non-hydrogen) atoms. The van der Waals surface area contributed by atoms with Crippen LogP contribution in [0.3, 0.4) is 0 Å². The fourth-order valence-corrected chi connectivity index (χ4v) is 2.99. The monoisotopic (exact) mass is 260 g/mol. The minimum atomic E-state index is -0.0470. The number of rotatable bonds is 4. The fraction of sp³-hybridized carbons (Fsp3) is 0.588. The lowest BCUT2D eigenvalue weighted by Gasteiger charge is -2.28. The van der Waals surface area contributed by atoms with Crippen LogP contribution in [0, 0.1) is 17.8 Å². The lowest BCUT2D eigenvalue weighted by molar-refractivity contribution is -0.140. The Hall–Kier alpha value is -1.31. The second-order valence-electron chi connectivity index (χ2n) is 6.08. The third-order valence-corrected chi connectivity index (χ3v) is 3.95. The largest absolute Gasteiger partial charge is 0.426 e. The van der Waals surface area contributed by atoms with Gasteiger partial charge in [-0.15, -0.1) is 0 Å². The van der Waals surface area contributed by atoms with Crippen LogP contribution < -0.4 is 4.74 Å². The normalized spacial score (nSPS) is 23.3. The molecule has 0 radical (unpaired) electrons. The maximum Gasteiger partial charge on any atom is 0.314 e. The van der Waals surface area contributed by atoms with E-state index in [0.29, 0.717) is 5.75 Å². The molecule has 1 fully saturated rings. The van der Waals surface area contributed by atoms with Crippen molar-refractivity contribution in [3.05, 3.63) is 30.3 Å². The summed E-state index contributed by atoms with van der Waals surface area (Å²) in [5.41, 5.74) is 0. The van der Waals surface area contributed by atoms with Crippen molar-refractivity contribution in [3.63, 3.8) is 0 Å². The molecule has 0 N–H and O–H groups in total. The number of hydrogen-bond acceptors (Lipinski definition) is 2. The van der Waals surface area contributed by atoms with Gasteiger partial charge in [-0.25, -0.2) is 0 Å². The highest BCUT2D eigenvalue weighted by Gasteiger charge is 2.27. The first kappa shape index (κ1) is 14.1. The molecule has 0 spiro atoms. The van der Waals surface area contributed by atoms with Crippen molar-refractivity contribution in [2.45, 2.75) is 46.0 Å². The van der Waals surface area contributed by atoms with Gasteiger partial charge in [0.05, 0.1) is 5.92 Å². The van der Waals surface area contributed by atoms with E-state index in [4.69, 9.17) is 4.74 Å². The van der Waals surface area contributed by atoms with E-state index in [2.05, 4.69) is 13.8 Å². The van der Waals surface area contributed by atoms with Gasteiger partial charge in [-0.1, -0.05) is 32.0 Å². The van der Waals surface area contributed by atoms with Gasteiger partial charge in [0.1, 0.15) is 5.75 Å². The molecule has 1 saturated carbocycles. The average Bonchev–Trinajstić information content (AvgIpc) is 2.40. The van der Waals surface area contributed by atoms with Gasteiger partial charge in [0, 0.05) is 0 Å². The van der Waals surface area contributed by atoms with Crippen LogP contribution in [-0.2, 0) is 4.79 Å². The maximum atomic E-state index is 12.1. The van der Waals surface area contributed by atoms with E-state index in [9.17, 15) is 4.79 Å². The van der Waals surface area contributed by atoms with Crippen LogP contribution in [0.1, 0.15) is 46.0 Å². The van der Waals surface area contributed by atoms with E-state index >= 15 is 0 Å². The number of para-hydroxylation sites is 1. The third-order valence-electron chi connectivity index (χ3n) is 3.95. The summed E-state index contributed by atoms with van der Waals surface area (Å²) in [6.45, 7) is 4.55. The molecule has 1 aliphatic rings. The van der Waals surface area contributed by atoms with E-state index < -0.39 is 0 Å². The zero-order valence-corrected chi connectivity index (χ0v) is 12.0. The molecule has 0 aliphatic heterocycles. The summed E-state index contributed by atoms with van der Waals surface area (Å²) in [7, 11) is 0. The van der Waals surface area contributed by atoms with E-state index in [1.54, 1.807) is 0 Å². The molecular formula is C17H24O2. The summed E-state index contributed by atoms with van der Waals surface area (Å²) < 4.78 is 5.43. The van der Waals surface area contributed by atoms with Crippen LogP contribution in [0.25, 0.3) is 0 Å². The number of carbonyl (C=O) groups is 1. The molecule has 0 bridgehead atoms. The minimum Gasteiger partial charge on any atom is -0.426 e. The van der Waals surface area contributed by atoms with Crippen LogP contribution in [-0.4, -0.2) is 5.97 Å². The Bertz CT molecular complexity index is 389. The minimum absolute atomic E-state index is 0.0470. The van der Waals surface area contributed by atoms with Crippen molar-refractivity contribution in [3.8, 4) is 5.75 Å². The smallest absolute Gasteiger partial charge is 0.314 e. The Morgan fingerprint density at radius 3 is 2.37 bits per heavy atom. The number of ether oxygens (including phenoxy) is 1. The van der Waals surface area contributed by atoms with Crippen molar-refractivity contribution in [2.75, 3.05) is 0 Å². The van der Waals surface area contributed by atoms with Gasteiger partial charge in [-0.2, -0.15) is 0 Å². The molecule has 1 aromatic carbocycles. The van der Waals surface area contributed by atoms with Crippen molar-refractivity contribution in [2.24, 2.45) is 17.8 Å². The lowest BCUT2D eigenvalue weighted by Crippen LogP contribution is -2.26. The average molecular weight is 260 g/mol. The van der Waals surface area contributed by atoms with Crippen LogP contribution in [0.4, 0.5) is 0 Å². The summed E-state index contributed by atoms with van der Waals surface area (Å²) in [4.78, 5) is 12.1. The first-order chi connectivity index (χ1) is 9.15. The van der Waals surface area contributed by atoms with Crippen molar-refractivity contribution in [1.29, 1.82) is 0 Å². The summed E-state index contributed by atoms with van der Waals surface area (Å²) in [5.74, 6) is 2.29. The molecule has 2 heteroatoms. The molecule has 0 heterocycles. The first-order valence-corrected chi connectivity index (χ1v) is 7.42. The molecule has 0 aromatic heterocycles. The predicted octanol–water partition coefficient (Wildman–Crippen LogP) is 4.44. The molecule has 0 amide bonds. The zero-order valence-electron chi connectivity index (χ0n) is 12.0. The summed E-state index contributed by atoms with van der Waals surface area (Å²) in [5, 5.41) is 0. The molecule has 2 nitrogen and oxygen atoms in total. The first-order valence-electron chi connectivity index (χ1n) is 7.42. The summed E-state index contributed by atoms with van der Waals surface area (Å²) >= 11 is 0. The van der Waals surface area contributed by atoms with Crippen molar-refractivity contribution < 1.29 is 9.53 Å². The molecule has 1 aliphatic carbocycles. The van der Waals surface area contributed by atoms with E-state index in [1.165, 1.54) is 19.3 Å². The van der Waals surface area contributed by atoms with Crippen molar-refractivity contribution in [1.82, 2.24) is 0 Å². The topological polar surface area (TPSA) is 26.3 Å². The quantitative estimate of drug-likeness (QED) is 0.590. The zero-order chi connectivity index (χ0) is 13.7. The number of esters is 1. The second kappa shape index (κ2) is 6.74. The van der Waals surface area contributed by atoms with Gasteiger partial charge in [0.15, 0.2) is 0 Å². The second-order valence-corrected chi connectivity index (χ2v) is 6.08. The Morgan fingerprint density at radius 2 is 1.79 bits per heavy atom. The molecule has 104 valence electrons. The third kappa shape index (κ3) is 4.38. The van der Waals surface area contributed by atoms with E-state index in [-0.39, 0.29) is 11.9 Å². The molecule has 0 atom stereocenters. The standard InChI is InChI=1S/C17H24O2/c1-13(2)12-14-8-10-15(11-9-14)17(18)19-16-6-4-3-5-7-16/h3-7,13-15H,8-12H2,1-2H3. The highest BCUT2D eigenvalue weighted by molar-refractivity contribution is 5.75. The van der Waals surface area contributed by atoms with Gasteiger partial charge in [-0.3, -0.25) is 4.79 Å². The Kier molecular flexibility index (Phi) is 5.00. The van der Waals surface area contributed by atoms with Crippen LogP contribution in [0.15, 0.2) is 30.3 Å². The molecule has 0 saturated heterocycles. The Balaban J connectivity index is 1.79. The van der Waals surface area contributed by atoms with E-state index in [0.717, 1.165) is 24.7 Å². The van der Waals surface area contributed by atoms with Crippen LogP contribution in [0.2, 0.25) is 0 Å². The van der Waals surface area contributed by atoms with Gasteiger partial charge in [0.2, 0.25) is 0 Å². The summed E-state index contributed by atoms with van der Waals surface area (Å²) in [6.07, 6.45) is 5.62. The van der Waals surface area contributed by atoms with Crippen molar-refractivity contribution >= 4 is 5.97 Å². The predicted molar refractivity (Wildman–Crippen MR) is 77.0 cm³/mol. The number of carbonyl (C=O) groups excluding carboxylic acids is 1. The number of benzene rings is 1. The Labute approximate surface area is 116 Å². The molecule has 0 unspecified atom stereocenters. The Morgan fingerprint density at radius 1 is 1.16 bits per heavy atom. The number of hydrogen-bond donors (Lipinski definition) is 0. The molecule has 2 rings (SSSR count). The van der Waals surface area contributed by atoms with E-state index in [1.807, 2.05) is 30.3 Å². The fourth-order valence-electron chi connectivity index (χ4n) is 2.99. The van der Waals surface area contributed by atoms with Crippen LogP contribution >= 0.6 is 0 Å². The van der Waals surface area contributed by atoms with Gasteiger partial charge >= 0.3 is 5.97 Å².